The third-order valence-electron chi connectivity index (χ3n) is 7.42. The molecule has 11 nitrogen and oxygen atoms in total. The number of halogens is 2. The van der Waals surface area contributed by atoms with Crippen LogP contribution in [0.2, 0.25) is 15.3 Å². The summed E-state index contributed by atoms with van der Waals surface area (Å²) in [6.07, 6.45) is 2.95. The summed E-state index contributed by atoms with van der Waals surface area (Å²) in [6.45, 7) is 13.7. The van der Waals surface area contributed by atoms with E-state index in [9.17, 15) is 0 Å². The van der Waals surface area contributed by atoms with Crippen LogP contribution < -0.4 is 21.8 Å². The number of benzene rings is 2. The van der Waals surface area contributed by atoms with Crippen LogP contribution in [0, 0.1) is 0 Å². The highest BCUT2D eigenvalue weighted by Gasteiger charge is 2.51. The number of aromatic nitrogens is 8. The summed E-state index contributed by atoms with van der Waals surface area (Å²) in [5, 5.41) is 2.87. The average molecular weight is 662 g/mol. The molecule has 5 N–H and O–H groups in total. The second kappa shape index (κ2) is 12.9. The van der Waals surface area contributed by atoms with Crippen molar-refractivity contribution in [2.75, 3.05) is 11.5 Å². The number of rotatable bonds is 7. The molecule has 6 rings (SSSR count). The molecule has 0 saturated carbocycles. The maximum atomic E-state index is 7.17. The zero-order valence-corrected chi connectivity index (χ0v) is 27.9. The molecule has 45 heavy (non-hydrogen) atoms. The van der Waals surface area contributed by atoms with Gasteiger partial charge in [0.15, 0.2) is 21.6 Å². The van der Waals surface area contributed by atoms with Crippen molar-refractivity contribution in [2.24, 2.45) is 0 Å². The van der Waals surface area contributed by atoms with E-state index >= 15 is 0 Å². The monoisotopic (exact) mass is 660 g/mol. The first-order valence-electron chi connectivity index (χ1n) is 14.1. The molecule has 0 fully saturated rings. The van der Waals surface area contributed by atoms with Gasteiger partial charge in [-0.1, -0.05) is 111 Å². The van der Waals surface area contributed by atoms with Crippen LogP contribution in [0.25, 0.3) is 22.3 Å². The number of nitrogens with one attached hydrogen (secondary N) is 1. The van der Waals surface area contributed by atoms with Gasteiger partial charge in [-0.25, -0.2) is 9.97 Å². The van der Waals surface area contributed by atoms with Crippen molar-refractivity contribution in [3.05, 3.63) is 95.8 Å². The van der Waals surface area contributed by atoms with Crippen LogP contribution in [0.5, 0.6) is 0 Å². The van der Waals surface area contributed by atoms with Crippen LogP contribution in [0.4, 0.5) is 11.9 Å². The molecular weight excluding hydrogens is 627 g/mol. The predicted octanol–water partition coefficient (Wildman–Crippen LogP) is 5.17. The van der Waals surface area contributed by atoms with E-state index in [1.54, 1.807) is 6.33 Å². The van der Waals surface area contributed by atoms with Gasteiger partial charge in [-0.05, 0) is 27.9 Å². The summed E-state index contributed by atoms with van der Waals surface area (Å²) in [5.41, 5.74) is 14.2. The Morgan fingerprint density at radius 2 is 1.49 bits per heavy atom. The number of nitrogens with two attached hydrogens (primary N) is 2. The Morgan fingerprint density at radius 3 is 2.09 bits per heavy atom. The number of nitrogens with zero attached hydrogens (tertiary/aromatic N) is 7. The van der Waals surface area contributed by atoms with Crippen LogP contribution in [-0.4, -0.2) is 53.9 Å². The second-order valence-electron chi connectivity index (χ2n) is 11.5. The Bertz CT molecular complexity index is 1900. The lowest BCUT2D eigenvalue weighted by atomic mass is 10.2. The van der Waals surface area contributed by atoms with Crippen molar-refractivity contribution < 1.29 is 4.43 Å². The molecule has 0 amide bonds. The quantitative estimate of drug-likeness (QED) is 0.119. The summed E-state index contributed by atoms with van der Waals surface area (Å²) >= 11 is 11.9. The molecule has 0 aliphatic carbocycles. The molecule has 0 unspecified atom stereocenters. The van der Waals surface area contributed by atoms with Gasteiger partial charge < -0.3 is 25.4 Å². The predicted molar refractivity (Wildman–Crippen MR) is 183 cm³/mol. The first kappa shape index (κ1) is 32.0. The molecule has 14 heteroatoms. The molecule has 0 aliphatic heterocycles. The van der Waals surface area contributed by atoms with Gasteiger partial charge in [-0.2, -0.15) is 19.9 Å². The minimum absolute atomic E-state index is 0.112. The summed E-state index contributed by atoms with van der Waals surface area (Å²) in [6, 6.07) is 21.2. The Morgan fingerprint density at radius 1 is 0.911 bits per heavy atom. The number of aromatic amines is 1. The molecule has 232 valence electrons. The van der Waals surface area contributed by atoms with Crippen molar-refractivity contribution >= 4 is 76.1 Å². The lowest BCUT2D eigenvalue weighted by Gasteiger charge is -2.45. The molecule has 4 aromatic heterocycles. The van der Waals surface area contributed by atoms with E-state index in [1.165, 1.54) is 16.7 Å². The van der Waals surface area contributed by atoms with E-state index in [2.05, 4.69) is 118 Å². The van der Waals surface area contributed by atoms with Crippen LogP contribution in [0.3, 0.4) is 0 Å². The lowest BCUT2D eigenvalue weighted by Crippen LogP contribution is -2.67. The van der Waals surface area contributed by atoms with Gasteiger partial charge >= 0.3 is 0 Å². The van der Waals surface area contributed by atoms with Gasteiger partial charge in [0.25, 0.3) is 8.32 Å². The molecule has 6 aromatic rings. The number of nitrogen functional groups attached to an aromatic ring is 2. The molecule has 1 atom stereocenters. The number of imidazole rings is 2. The van der Waals surface area contributed by atoms with Gasteiger partial charge in [0.2, 0.25) is 11.9 Å². The molecule has 4 heterocycles. The molecular formula is C31H34Cl2N10OSi. The highest BCUT2D eigenvalue weighted by atomic mass is 35.5. The fourth-order valence-corrected chi connectivity index (χ4v) is 10.4. The smallest absolute Gasteiger partial charge is 0.261 e. The first-order valence-corrected chi connectivity index (χ1v) is 16.8. The average Bonchev–Trinajstić information content (AvgIpc) is 3.64. The number of hydrogen-bond acceptors (Lipinski definition) is 9. The Hall–Kier alpha value is -4.36. The Kier molecular flexibility index (Phi) is 9.21. The third-order valence-corrected chi connectivity index (χ3v) is 13.1. The Labute approximate surface area is 271 Å². The van der Waals surface area contributed by atoms with E-state index in [-0.39, 0.29) is 28.2 Å². The molecule has 0 aliphatic rings. The topological polar surface area (TPSA) is 159 Å². The van der Waals surface area contributed by atoms with Gasteiger partial charge in [0.05, 0.1) is 18.8 Å². The zero-order valence-electron chi connectivity index (χ0n) is 25.4. The number of anilines is 2. The number of hydrogen-bond donors (Lipinski definition) is 3. The van der Waals surface area contributed by atoms with Crippen molar-refractivity contribution in [1.29, 1.82) is 0 Å². The SMILES string of the molecule is C=C(Cn1cnc2c(Cl)nc(N)nc21)[C@@H](C)O[Si](c1ccccc1)(c1ccccc1)C(C)(C)C.Nc1nc(Cl)c2[nH]cnc2n1. The highest BCUT2D eigenvalue weighted by molar-refractivity contribution is 6.99. The molecule has 0 bridgehead atoms. The number of H-pyrrole nitrogens is 1. The molecule has 2 aromatic carbocycles. The van der Waals surface area contributed by atoms with Crippen molar-refractivity contribution in [1.82, 2.24) is 39.5 Å². The minimum Gasteiger partial charge on any atom is -0.401 e. The van der Waals surface area contributed by atoms with E-state index in [4.69, 9.17) is 39.1 Å². The lowest BCUT2D eigenvalue weighted by molar-refractivity contribution is 0.235. The summed E-state index contributed by atoms with van der Waals surface area (Å²) in [7, 11) is -2.70. The van der Waals surface area contributed by atoms with Crippen LogP contribution in [-0.2, 0) is 11.0 Å². The fourth-order valence-electron chi connectivity index (χ4n) is 5.24. The third kappa shape index (κ3) is 6.54. The van der Waals surface area contributed by atoms with E-state index in [1.807, 2.05) is 16.7 Å². The standard InChI is InChI=1S/C26H30ClN5OSi.C5H4ClN5/c1-18(16-32-17-29-22-23(27)30-25(28)31-24(22)32)19(2)33-34(26(3,4)5,20-12-8-6-9-13-20)21-14-10-7-11-15-21;6-3-2-4(9-1-8-2)11-5(7)10-3/h6-15,17,19H,1,16H2,2-5H3,(H2,28,30,31);1H,(H3,7,8,9,10,11)/t19-;/m1./s1. The van der Waals surface area contributed by atoms with Crippen LogP contribution >= 0.6 is 23.2 Å². The molecule has 0 spiro atoms. The van der Waals surface area contributed by atoms with Crippen molar-refractivity contribution in [3.63, 3.8) is 0 Å². The summed E-state index contributed by atoms with van der Waals surface area (Å²) in [4.78, 5) is 26.9. The zero-order chi connectivity index (χ0) is 32.4. The molecule has 0 saturated heterocycles. The van der Waals surface area contributed by atoms with Crippen molar-refractivity contribution in [2.45, 2.75) is 45.4 Å². The second-order valence-corrected chi connectivity index (χ2v) is 16.4. The van der Waals surface area contributed by atoms with Crippen molar-refractivity contribution in [3.8, 4) is 0 Å². The Balaban J connectivity index is 0.000000304. The van der Waals surface area contributed by atoms with E-state index in [0.29, 0.717) is 34.0 Å². The minimum atomic E-state index is -2.70. The largest absolute Gasteiger partial charge is 0.401 e. The normalized spacial score (nSPS) is 12.6. The number of fused-ring (bicyclic) bond motifs is 2. The van der Waals surface area contributed by atoms with Gasteiger partial charge in [-0.3, -0.25) is 0 Å². The van der Waals surface area contributed by atoms with Gasteiger partial charge in [-0.15, -0.1) is 0 Å². The van der Waals surface area contributed by atoms with E-state index < -0.39 is 8.32 Å². The van der Waals surface area contributed by atoms with Gasteiger partial charge in [0, 0.05) is 6.54 Å². The first-order chi connectivity index (χ1) is 21.4. The van der Waals surface area contributed by atoms with Gasteiger partial charge in [0.1, 0.15) is 11.0 Å². The maximum absolute atomic E-state index is 7.17. The molecule has 0 radical (unpaired) electrons. The summed E-state index contributed by atoms with van der Waals surface area (Å²) in [5.74, 6) is 0.246. The van der Waals surface area contributed by atoms with E-state index in [0.717, 1.165) is 5.57 Å². The maximum Gasteiger partial charge on any atom is 0.261 e. The highest BCUT2D eigenvalue weighted by Crippen LogP contribution is 2.38. The summed E-state index contributed by atoms with van der Waals surface area (Å²) < 4.78 is 9.05. The fraction of sp³-hybridized carbons (Fsp3) is 0.226. The van der Waals surface area contributed by atoms with Crippen LogP contribution in [0.15, 0.2) is 85.5 Å². The van der Waals surface area contributed by atoms with Crippen LogP contribution in [0.1, 0.15) is 27.7 Å².